The van der Waals surface area contributed by atoms with Crippen LogP contribution in [-0.2, 0) is 19.6 Å². The first-order chi connectivity index (χ1) is 9.90. The fourth-order valence-electron chi connectivity index (χ4n) is 1.85. The first-order valence-electron chi connectivity index (χ1n) is 6.72. The van der Waals surface area contributed by atoms with Crippen LogP contribution in [0.2, 0.25) is 0 Å². The predicted octanol–water partition coefficient (Wildman–Crippen LogP) is 1.31. The Balaban J connectivity index is 2.02. The molecule has 0 atom stereocenters. The van der Waals surface area contributed by atoms with Gasteiger partial charge in [-0.25, -0.2) is 8.42 Å². The Bertz CT molecular complexity index is 665. The Morgan fingerprint density at radius 3 is 2.76 bits per heavy atom. The molecule has 0 amide bonds. The maximum absolute atomic E-state index is 11.8. The lowest BCUT2D eigenvalue weighted by Gasteiger charge is -2.05. The molecular formula is C14H18N2O4S. The van der Waals surface area contributed by atoms with Crippen molar-refractivity contribution >= 4 is 21.8 Å². The molecule has 7 heteroatoms. The van der Waals surface area contributed by atoms with Gasteiger partial charge in [0, 0.05) is 5.56 Å². The fourth-order valence-corrected chi connectivity index (χ4v) is 3.10. The van der Waals surface area contributed by atoms with Gasteiger partial charge in [0.2, 0.25) is 0 Å². The highest BCUT2D eigenvalue weighted by atomic mass is 32.2. The lowest BCUT2D eigenvalue weighted by atomic mass is 10.1. The maximum atomic E-state index is 11.8. The van der Waals surface area contributed by atoms with Gasteiger partial charge < -0.3 is 4.74 Å². The van der Waals surface area contributed by atoms with E-state index in [9.17, 15) is 13.2 Å². The molecule has 1 heterocycles. The zero-order chi connectivity index (χ0) is 15.5. The second-order valence-corrected chi connectivity index (χ2v) is 6.82. The number of rotatable bonds is 5. The number of hydrogen-bond acceptors (Lipinski definition) is 5. The Morgan fingerprint density at radius 2 is 2.05 bits per heavy atom. The van der Waals surface area contributed by atoms with Gasteiger partial charge in [-0.1, -0.05) is 26.0 Å². The average Bonchev–Trinajstić information content (AvgIpc) is 2.68. The third-order valence-corrected chi connectivity index (χ3v) is 4.38. The monoisotopic (exact) mass is 310 g/mol. The molecule has 0 aromatic heterocycles. The Hall–Kier alpha value is -1.89. The van der Waals surface area contributed by atoms with Gasteiger partial charge in [-0.05, 0) is 24.5 Å². The summed E-state index contributed by atoms with van der Waals surface area (Å²) in [6, 6.07) is 6.51. The van der Waals surface area contributed by atoms with Crippen molar-refractivity contribution in [2.45, 2.75) is 25.2 Å². The van der Waals surface area contributed by atoms with Crippen LogP contribution in [-0.4, -0.2) is 33.4 Å². The van der Waals surface area contributed by atoms with Gasteiger partial charge >= 0.3 is 5.97 Å². The molecule has 0 radical (unpaired) electrons. The van der Waals surface area contributed by atoms with Crippen LogP contribution in [0.1, 0.15) is 25.8 Å². The number of ether oxygens (including phenoxy) is 1. The van der Waals surface area contributed by atoms with Crippen molar-refractivity contribution in [2.75, 3.05) is 13.2 Å². The van der Waals surface area contributed by atoms with Crippen LogP contribution in [0.25, 0.3) is 0 Å². The van der Waals surface area contributed by atoms with Gasteiger partial charge in [0.05, 0.1) is 11.5 Å². The van der Waals surface area contributed by atoms with Crippen molar-refractivity contribution in [3.05, 3.63) is 29.8 Å². The molecule has 6 nitrogen and oxygen atoms in total. The summed E-state index contributed by atoms with van der Waals surface area (Å²) in [6.07, 6.45) is 0.789. The number of amidine groups is 1. The van der Waals surface area contributed by atoms with E-state index in [0.717, 1.165) is 6.42 Å². The second-order valence-electron chi connectivity index (χ2n) is 5.17. The minimum atomic E-state index is -3.56. The van der Waals surface area contributed by atoms with Gasteiger partial charge in [0.1, 0.15) is 12.4 Å². The van der Waals surface area contributed by atoms with Gasteiger partial charge in [0.15, 0.2) is 0 Å². The number of nitrogens with zero attached hydrogens (tertiary/aromatic N) is 1. The molecular weight excluding hydrogens is 292 g/mol. The second kappa shape index (κ2) is 6.26. The minimum Gasteiger partial charge on any atom is -0.464 e. The third kappa shape index (κ3) is 3.81. The molecule has 1 N–H and O–H groups in total. The molecule has 1 aliphatic heterocycles. The summed E-state index contributed by atoms with van der Waals surface area (Å²) in [4.78, 5) is 15.7. The quantitative estimate of drug-likeness (QED) is 0.831. The summed E-state index contributed by atoms with van der Waals surface area (Å²) in [7, 11) is -3.56. The molecule has 0 saturated carbocycles. The van der Waals surface area contributed by atoms with Crippen LogP contribution in [0.3, 0.4) is 0 Å². The van der Waals surface area contributed by atoms with E-state index in [-0.39, 0.29) is 17.3 Å². The highest BCUT2D eigenvalue weighted by Crippen LogP contribution is 2.21. The van der Waals surface area contributed by atoms with Crippen molar-refractivity contribution in [1.29, 1.82) is 0 Å². The standard InChI is InChI=1S/C14H18N2O4S/c1-10(2)7-8-20-13(17)9-15-14-11-5-3-4-6-12(11)21(18,19)16-14/h3-6,10H,7-9H2,1-2H3,(H,15,16). The molecule has 0 aliphatic carbocycles. The number of hydrogen-bond donors (Lipinski definition) is 1. The van der Waals surface area contributed by atoms with Crippen LogP contribution in [0.5, 0.6) is 0 Å². The van der Waals surface area contributed by atoms with Crippen molar-refractivity contribution in [3.63, 3.8) is 0 Å². The summed E-state index contributed by atoms with van der Waals surface area (Å²) < 4.78 is 31.1. The lowest BCUT2D eigenvalue weighted by molar-refractivity contribution is -0.142. The SMILES string of the molecule is CC(C)CCOC(=O)CN=C1NS(=O)(=O)c2ccccc21. The summed E-state index contributed by atoms with van der Waals surface area (Å²) in [5.74, 6) is 0.177. The van der Waals surface area contributed by atoms with E-state index >= 15 is 0 Å². The topological polar surface area (TPSA) is 84.8 Å². The molecule has 1 aromatic rings. The van der Waals surface area contributed by atoms with Crippen LogP contribution in [0, 0.1) is 5.92 Å². The maximum Gasteiger partial charge on any atom is 0.327 e. The summed E-state index contributed by atoms with van der Waals surface area (Å²) in [5.41, 5.74) is 0.479. The zero-order valence-electron chi connectivity index (χ0n) is 12.0. The number of sulfonamides is 1. The number of carbonyl (C=O) groups excluding carboxylic acids is 1. The molecule has 0 unspecified atom stereocenters. The van der Waals surface area contributed by atoms with E-state index in [1.807, 2.05) is 13.8 Å². The van der Waals surface area contributed by atoms with E-state index in [1.54, 1.807) is 18.2 Å². The largest absolute Gasteiger partial charge is 0.464 e. The average molecular weight is 310 g/mol. The summed E-state index contributed by atoms with van der Waals surface area (Å²) >= 11 is 0. The number of benzene rings is 1. The van der Waals surface area contributed by atoms with E-state index in [0.29, 0.717) is 18.1 Å². The molecule has 0 bridgehead atoms. The predicted molar refractivity (Wildman–Crippen MR) is 78.6 cm³/mol. The molecule has 1 aromatic carbocycles. The van der Waals surface area contributed by atoms with Crippen LogP contribution < -0.4 is 4.72 Å². The highest BCUT2D eigenvalue weighted by Gasteiger charge is 2.30. The highest BCUT2D eigenvalue weighted by molar-refractivity contribution is 7.90. The van der Waals surface area contributed by atoms with E-state index < -0.39 is 16.0 Å². The van der Waals surface area contributed by atoms with Gasteiger partial charge in [0.25, 0.3) is 10.0 Å². The van der Waals surface area contributed by atoms with Gasteiger partial charge in [-0.3, -0.25) is 14.5 Å². The molecule has 21 heavy (non-hydrogen) atoms. The zero-order valence-corrected chi connectivity index (χ0v) is 12.8. The number of aliphatic imine (C=N–C) groups is 1. The Morgan fingerprint density at radius 1 is 1.33 bits per heavy atom. The molecule has 1 aliphatic rings. The van der Waals surface area contributed by atoms with Crippen molar-refractivity contribution in [2.24, 2.45) is 10.9 Å². The van der Waals surface area contributed by atoms with Crippen molar-refractivity contribution in [3.8, 4) is 0 Å². The third-order valence-electron chi connectivity index (χ3n) is 2.99. The Kier molecular flexibility index (Phi) is 4.62. The first-order valence-corrected chi connectivity index (χ1v) is 8.21. The van der Waals surface area contributed by atoms with E-state index in [2.05, 4.69) is 9.71 Å². The molecule has 0 fully saturated rings. The van der Waals surface area contributed by atoms with Gasteiger partial charge in [-0.15, -0.1) is 0 Å². The van der Waals surface area contributed by atoms with Gasteiger partial charge in [-0.2, -0.15) is 0 Å². The summed E-state index contributed by atoms with van der Waals surface area (Å²) in [5, 5.41) is 0. The van der Waals surface area contributed by atoms with Crippen molar-refractivity contribution < 1.29 is 17.9 Å². The van der Waals surface area contributed by atoms with Crippen LogP contribution in [0.4, 0.5) is 0 Å². The van der Waals surface area contributed by atoms with Crippen molar-refractivity contribution in [1.82, 2.24) is 4.72 Å². The molecule has 2 rings (SSSR count). The first kappa shape index (κ1) is 15.5. The minimum absolute atomic E-state index is 0.178. The van der Waals surface area contributed by atoms with Crippen LogP contribution in [0.15, 0.2) is 34.2 Å². The number of fused-ring (bicyclic) bond motifs is 1. The van der Waals surface area contributed by atoms with Crippen LogP contribution >= 0.6 is 0 Å². The molecule has 114 valence electrons. The number of nitrogens with one attached hydrogen (secondary N) is 1. The Labute approximate surface area is 124 Å². The fraction of sp³-hybridized carbons (Fsp3) is 0.429. The lowest BCUT2D eigenvalue weighted by Crippen LogP contribution is -2.23. The normalized spacial score (nSPS) is 17.6. The summed E-state index contributed by atoms with van der Waals surface area (Å²) in [6.45, 7) is 4.23. The number of esters is 1. The van der Waals surface area contributed by atoms with E-state index in [1.165, 1.54) is 6.07 Å². The van der Waals surface area contributed by atoms with E-state index in [4.69, 9.17) is 4.74 Å². The smallest absolute Gasteiger partial charge is 0.327 e. The molecule has 0 spiro atoms. The molecule has 0 saturated heterocycles. The number of carbonyl (C=O) groups is 1.